The third kappa shape index (κ3) is 5.91. The van der Waals surface area contributed by atoms with Crippen molar-refractivity contribution in [1.82, 2.24) is 14.5 Å². The number of hydrogen-bond acceptors (Lipinski definition) is 4. The number of nitrogens with one attached hydrogen (secondary N) is 1. The van der Waals surface area contributed by atoms with Gasteiger partial charge >= 0.3 is 0 Å². The lowest BCUT2D eigenvalue weighted by Crippen LogP contribution is -2.27. The smallest absolute Gasteiger partial charge is 0.256 e. The first-order chi connectivity index (χ1) is 16.9. The van der Waals surface area contributed by atoms with Crippen LogP contribution in [0.25, 0.3) is 11.0 Å². The number of carbonyl (C=O) groups is 2. The molecule has 8 heteroatoms. The summed E-state index contributed by atoms with van der Waals surface area (Å²) in [4.78, 5) is 31.8. The van der Waals surface area contributed by atoms with Crippen molar-refractivity contribution in [2.75, 3.05) is 26.1 Å². The minimum absolute atomic E-state index is 0.0999. The molecular formula is C27H27FN4O3. The number of fused-ring (bicyclic) bond motifs is 1. The molecule has 0 fully saturated rings. The Balaban J connectivity index is 1.67. The van der Waals surface area contributed by atoms with Crippen LogP contribution >= 0.6 is 0 Å². The van der Waals surface area contributed by atoms with E-state index in [1.807, 2.05) is 22.8 Å². The predicted molar refractivity (Wildman–Crippen MR) is 133 cm³/mol. The van der Waals surface area contributed by atoms with Crippen LogP contribution in [-0.4, -0.2) is 47.0 Å². The Bertz CT molecular complexity index is 1320. The number of rotatable bonds is 9. The highest BCUT2D eigenvalue weighted by Gasteiger charge is 2.20. The van der Waals surface area contributed by atoms with Crippen molar-refractivity contribution in [2.24, 2.45) is 0 Å². The number of amides is 2. The molecule has 4 aromatic rings. The molecule has 0 radical (unpaired) electrons. The third-order valence-corrected chi connectivity index (χ3v) is 5.67. The number of hydrogen-bond donors (Lipinski definition) is 1. The molecule has 4 rings (SSSR count). The molecular weight excluding hydrogens is 447 g/mol. The summed E-state index contributed by atoms with van der Waals surface area (Å²) >= 11 is 0. The summed E-state index contributed by atoms with van der Waals surface area (Å²) < 4.78 is 20.2. The van der Waals surface area contributed by atoms with E-state index >= 15 is 0 Å². The lowest BCUT2D eigenvalue weighted by atomic mass is 10.1. The Labute approximate surface area is 203 Å². The van der Waals surface area contributed by atoms with E-state index in [9.17, 15) is 14.0 Å². The Kier molecular flexibility index (Phi) is 7.52. The molecule has 0 spiro atoms. The summed E-state index contributed by atoms with van der Waals surface area (Å²) in [6.07, 6.45) is 2.49. The highest BCUT2D eigenvalue weighted by Crippen LogP contribution is 2.26. The van der Waals surface area contributed by atoms with E-state index in [4.69, 9.17) is 4.74 Å². The van der Waals surface area contributed by atoms with Gasteiger partial charge in [0, 0.05) is 32.9 Å². The summed E-state index contributed by atoms with van der Waals surface area (Å²) in [6, 6.07) is 19.6. The molecule has 0 unspecified atom stereocenters. The number of ether oxygens (including phenoxy) is 1. The Morgan fingerprint density at radius 2 is 1.80 bits per heavy atom. The Hall–Kier alpha value is -4.04. The highest BCUT2D eigenvalue weighted by atomic mass is 19.1. The van der Waals surface area contributed by atoms with Gasteiger partial charge in [-0.15, -0.1) is 0 Å². The number of aryl methyl sites for hydroxylation is 2. The van der Waals surface area contributed by atoms with Crippen LogP contribution in [0.1, 0.15) is 21.5 Å². The normalized spacial score (nSPS) is 10.9. The molecule has 0 aliphatic rings. The van der Waals surface area contributed by atoms with E-state index in [1.54, 1.807) is 42.5 Å². The quantitative estimate of drug-likeness (QED) is 0.393. The zero-order chi connectivity index (χ0) is 24.8. The molecule has 2 amide bonds. The molecule has 0 aliphatic carbocycles. The van der Waals surface area contributed by atoms with Crippen molar-refractivity contribution in [3.05, 3.63) is 95.6 Å². The molecule has 0 saturated carbocycles. The first kappa shape index (κ1) is 24.1. The largest absolute Gasteiger partial charge is 0.375 e. The highest BCUT2D eigenvalue weighted by molar-refractivity contribution is 6.07. The minimum atomic E-state index is -0.328. The average molecular weight is 475 g/mol. The topological polar surface area (TPSA) is 76.5 Å². The second-order valence-corrected chi connectivity index (χ2v) is 8.33. The fraction of sp³-hybridized carbons (Fsp3) is 0.222. The van der Waals surface area contributed by atoms with Gasteiger partial charge in [0.1, 0.15) is 12.4 Å². The van der Waals surface area contributed by atoms with Crippen molar-refractivity contribution in [1.29, 1.82) is 0 Å². The predicted octanol–water partition coefficient (Wildman–Crippen LogP) is 4.28. The summed E-state index contributed by atoms with van der Waals surface area (Å²) in [5.41, 5.74) is 4.17. The second kappa shape index (κ2) is 10.9. The van der Waals surface area contributed by atoms with E-state index < -0.39 is 0 Å². The van der Waals surface area contributed by atoms with Crippen molar-refractivity contribution in [3.8, 4) is 0 Å². The van der Waals surface area contributed by atoms with Crippen LogP contribution < -0.4 is 5.32 Å². The Morgan fingerprint density at radius 1 is 1.06 bits per heavy atom. The van der Waals surface area contributed by atoms with Gasteiger partial charge in [-0.2, -0.15) is 0 Å². The van der Waals surface area contributed by atoms with Gasteiger partial charge in [-0.05, 0) is 41.8 Å². The van der Waals surface area contributed by atoms with Gasteiger partial charge < -0.3 is 19.5 Å². The van der Waals surface area contributed by atoms with Gasteiger partial charge in [0.15, 0.2) is 0 Å². The van der Waals surface area contributed by atoms with Crippen LogP contribution in [0.2, 0.25) is 0 Å². The number of imidazole rings is 1. The first-order valence-corrected chi connectivity index (χ1v) is 11.3. The number of anilines is 1. The molecule has 0 saturated heterocycles. The average Bonchev–Trinajstić information content (AvgIpc) is 3.27. The number of carbonyl (C=O) groups excluding carboxylic acids is 2. The molecule has 0 bridgehead atoms. The number of halogens is 1. The van der Waals surface area contributed by atoms with Crippen LogP contribution in [0.4, 0.5) is 10.1 Å². The molecule has 1 N–H and O–H groups in total. The molecule has 1 heterocycles. The summed E-state index contributed by atoms with van der Waals surface area (Å²) in [6.45, 7) is 0.841. The number of nitrogens with zero attached hydrogens (tertiary/aromatic N) is 3. The van der Waals surface area contributed by atoms with Crippen LogP contribution in [-0.2, 0) is 29.0 Å². The molecule has 180 valence electrons. The molecule has 35 heavy (non-hydrogen) atoms. The second-order valence-electron chi connectivity index (χ2n) is 8.33. The summed E-state index contributed by atoms with van der Waals surface area (Å²) in [5.74, 6) is -0.886. The van der Waals surface area contributed by atoms with E-state index in [2.05, 4.69) is 22.4 Å². The van der Waals surface area contributed by atoms with Gasteiger partial charge in [-0.25, -0.2) is 9.37 Å². The van der Waals surface area contributed by atoms with Crippen molar-refractivity contribution in [3.63, 3.8) is 0 Å². The van der Waals surface area contributed by atoms with Crippen LogP contribution in [0, 0.1) is 5.82 Å². The molecule has 7 nitrogen and oxygen atoms in total. The molecule has 3 aromatic carbocycles. The van der Waals surface area contributed by atoms with E-state index in [0.29, 0.717) is 35.4 Å². The monoisotopic (exact) mass is 474 g/mol. The van der Waals surface area contributed by atoms with Crippen molar-refractivity contribution in [2.45, 2.75) is 19.5 Å². The fourth-order valence-electron chi connectivity index (χ4n) is 3.98. The van der Waals surface area contributed by atoms with E-state index in [0.717, 1.165) is 12.0 Å². The van der Waals surface area contributed by atoms with Gasteiger partial charge in [-0.3, -0.25) is 9.59 Å². The maximum absolute atomic E-state index is 13.6. The summed E-state index contributed by atoms with van der Waals surface area (Å²) in [5, 5.41) is 2.77. The van der Waals surface area contributed by atoms with Gasteiger partial charge in [-0.1, -0.05) is 42.5 Å². The number of benzene rings is 3. The fourth-order valence-corrected chi connectivity index (χ4v) is 3.98. The summed E-state index contributed by atoms with van der Waals surface area (Å²) in [7, 11) is 3.13. The van der Waals surface area contributed by atoms with Crippen LogP contribution in [0.15, 0.2) is 73.1 Å². The lowest BCUT2D eigenvalue weighted by Gasteiger charge is -2.19. The molecule has 1 aromatic heterocycles. The molecule has 0 atom stereocenters. The van der Waals surface area contributed by atoms with Gasteiger partial charge in [0.25, 0.3) is 5.91 Å². The number of aromatic nitrogens is 2. The first-order valence-electron chi connectivity index (χ1n) is 11.3. The third-order valence-electron chi connectivity index (χ3n) is 5.67. The van der Waals surface area contributed by atoms with E-state index in [1.165, 1.54) is 24.8 Å². The standard InChI is InChI=1S/C27H27FN4O3/c1-31(16-20-8-10-21(28)11-9-20)27(34)23-14-22(30-25(33)17-35-2)15-24-26(23)32(18-29-24)13-12-19-6-4-3-5-7-19/h3-11,14-15,18H,12-13,16-17H2,1-2H3,(H,30,33). The lowest BCUT2D eigenvalue weighted by molar-refractivity contribution is -0.119. The van der Waals surface area contributed by atoms with Crippen molar-refractivity contribution < 1.29 is 18.7 Å². The zero-order valence-corrected chi connectivity index (χ0v) is 19.7. The number of methoxy groups -OCH3 is 1. The maximum atomic E-state index is 13.6. The van der Waals surface area contributed by atoms with E-state index in [-0.39, 0.29) is 24.2 Å². The SMILES string of the molecule is COCC(=O)Nc1cc(C(=O)N(C)Cc2ccc(F)cc2)c2c(c1)ncn2CCc1ccccc1. The van der Waals surface area contributed by atoms with Crippen molar-refractivity contribution >= 4 is 28.5 Å². The van der Waals surface area contributed by atoms with Gasteiger partial charge in [0.2, 0.25) is 5.91 Å². The van der Waals surface area contributed by atoms with Crippen LogP contribution in [0.3, 0.4) is 0 Å². The molecule has 0 aliphatic heterocycles. The zero-order valence-electron chi connectivity index (χ0n) is 19.7. The van der Waals surface area contributed by atoms with Crippen LogP contribution in [0.5, 0.6) is 0 Å². The Morgan fingerprint density at radius 3 is 2.51 bits per heavy atom. The maximum Gasteiger partial charge on any atom is 0.256 e. The minimum Gasteiger partial charge on any atom is -0.375 e. The van der Waals surface area contributed by atoms with Gasteiger partial charge in [0.05, 0.1) is 22.9 Å².